The normalized spacial score (nSPS) is 9.48. The Morgan fingerprint density at radius 1 is 0.240 bits per heavy atom. The molecule has 36 nitrogen and oxygen atoms in total. The Hall–Kier alpha value is -2.37. The van der Waals surface area contributed by atoms with E-state index >= 15 is 0 Å². The van der Waals surface area contributed by atoms with Crippen molar-refractivity contribution in [2.75, 3.05) is 0 Å². The summed E-state index contributed by atoms with van der Waals surface area (Å²) in [6.07, 6.45) is -14.6. The third-order valence-electron chi connectivity index (χ3n) is 2.35. The summed E-state index contributed by atoms with van der Waals surface area (Å²) in [5.41, 5.74) is 0. The molecule has 0 aliphatic rings. The van der Waals surface area contributed by atoms with Gasteiger partial charge in [-0.05, 0) is 0 Å². The maximum atomic E-state index is 9.63. The molecule has 0 heterocycles. The molecule has 4 radical (unpaired) electrons. The number of carbonyl (C=O) groups is 6. The molecule has 0 aliphatic carbocycles. The van der Waals surface area contributed by atoms with Gasteiger partial charge in [0.1, 0.15) is 36.6 Å². The molecule has 0 aromatic carbocycles. The summed E-state index contributed by atoms with van der Waals surface area (Å²) < 4.78 is 0. The van der Waals surface area contributed by atoms with Crippen molar-refractivity contribution in [2.45, 2.75) is 36.6 Å². The van der Waals surface area contributed by atoms with Crippen LogP contribution in [0.1, 0.15) is 0 Å². The van der Waals surface area contributed by atoms with Crippen LogP contribution in [0.5, 0.6) is 0 Å². The van der Waals surface area contributed by atoms with E-state index in [0.29, 0.717) is 0 Å². The SMILES string of the molecule is O.O.O.O.O.O.O.O.O.O.O.O.O.O.O.O.O.O.O=C([O-])[C@H](O)[C@@H](O)C(=O)[O-].O=C([O-])[C@H](O)[C@@H](O)C(=O)[O-].O=C([O-])[C@H](O)[C@@H](O)C(=O)[O-].[Bi+3].[Bi+3]. The smallest absolute Gasteiger partial charge is 0.547 e. The van der Waals surface area contributed by atoms with Crippen LogP contribution < -0.4 is 30.6 Å². The minimum Gasteiger partial charge on any atom is -0.547 e. The zero-order valence-electron chi connectivity index (χ0n) is 23.9. The zero-order chi connectivity index (χ0) is 24.9. The molecule has 0 saturated heterocycles. The van der Waals surface area contributed by atoms with E-state index in [4.69, 9.17) is 30.6 Å². The first-order chi connectivity index (χ1) is 13.4. The Balaban J connectivity index is -0.00000000868. The van der Waals surface area contributed by atoms with Crippen molar-refractivity contribution in [3.63, 3.8) is 0 Å². The van der Waals surface area contributed by atoms with Gasteiger partial charge in [-0.1, -0.05) is 0 Å². The number of hydrogen-bond donors (Lipinski definition) is 6. The number of rotatable bonds is 9. The molecule has 0 rings (SSSR count). The van der Waals surface area contributed by atoms with E-state index in [2.05, 4.69) is 0 Å². The molecule has 50 heavy (non-hydrogen) atoms. The molecule has 0 fully saturated rings. The number of hydrogen-bond acceptors (Lipinski definition) is 18. The molecule has 0 aliphatic heterocycles. The number of carboxylic acids is 6. The van der Waals surface area contributed by atoms with Crippen LogP contribution in [0, 0.1) is 0 Å². The fourth-order valence-corrected chi connectivity index (χ4v) is 0.773. The van der Waals surface area contributed by atoms with E-state index in [9.17, 15) is 59.4 Å². The fourth-order valence-electron chi connectivity index (χ4n) is 0.773. The van der Waals surface area contributed by atoms with Gasteiger partial charge in [-0.25, -0.2) is 0 Å². The van der Waals surface area contributed by atoms with Gasteiger partial charge in [-0.2, -0.15) is 0 Å². The first-order valence-electron chi connectivity index (χ1n) is 6.73. The Morgan fingerprint density at radius 2 is 0.280 bits per heavy atom. The topological polar surface area (TPSA) is 929 Å². The minimum absolute atomic E-state index is 0. The van der Waals surface area contributed by atoms with Crippen LogP contribution in [0.4, 0.5) is 0 Å². The van der Waals surface area contributed by atoms with Crippen LogP contribution in [-0.4, -0.2) is 254 Å². The van der Waals surface area contributed by atoms with Gasteiger partial charge in [-0.3, -0.25) is 0 Å². The van der Waals surface area contributed by atoms with Crippen molar-refractivity contribution in [3.8, 4) is 0 Å². The molecular formula is C12H48Bi2O36. The van der Waals surface area contributed by atoms with E-state index in [1.807, 2.05) is 0 Å². The van der Waals surface area contributed by atoms with E-state index in [-0.39, 0.29) is 151 Å². The van der Waals surface area contributed by atoms with Gasteiger partial charge in [0.2, 0.25) is 0 Å². The van der Waals surface area contributed by atoms with Gasteiger partial charge < -0.3 is 189 Å². The van der Waals surface area contributed by atoms with Gasteiger partial charge in [0.25, 0.3) is 0 Å². The predicted molar refractivity (Wildman–Crippen MR) is 143 cm³/mol. The van der Waals surface area contributed by atoms with Crippen LogP contribution >= 0.6 is 0 Å². The second-order valence-corrected chi connectivity index (χ2v) is 4.58. The van der Waals surface area contributed by atoms with Crippen molar-refractivity contribution in [1.29, 1.82) is 0 Å². The molecular weight excluding hydrogens is 1140 g/mol. The molecule has 0 unspecified atom stereocenters. The third kappa shape index (κ3) is 80.4. The van der Waals surface area contributed by atoms with Gasteiger partial charge in [0.05, 0.1) is 35.8 Å². The second kappa shape index (κ2) is 85.8. The average Bonchev–Trinajstić information content (AvgIpc) is 2.64. The van der Waals surface area contributed by atoms with Crippen molar-refractivity contribution < 1.29 is 189 Å². The van der Waals surface area contributed by atoms with Crippen molar-refractivity contribution in [3.05, 3.63) is 0 Å². The maximum Gasteiger partial charge on any atom is 3.00 e. The van der Waals surface area contributed by atoms with Crippen LogP contribution in [0.25, 0.3) is 0 Å². The first kappa shape index (κ1) is 171. The van der Waals surface area contributed by atoms with Crippen molar-refractivity contribution in [2.24, 2.45) is 0 Å². The molecule has 0 aromatic heterocycles. The summed E-state index contributed by atoms with van der Waals surface area (Å²) in [4.78, 5) is 57.8. The molecule has 0 amide bonds. The molecule has 0 bridgehead atoms. The standard InChI is InChI=1S/3C4H6O6.2Bi.18H2O/c3*5-1(3(7)8)2(6)4(9)10;;;;;;;;;;;;;;;;;;;;/h3*1-2,5-6H,(H,7,8)(H,9,10);;;18*1H2/q;;;2*+3;;;;;;;;;;;;;;;;;;/p-6/t3*1-,2-;;;;;;;;;;;;;;;;;;;;/m111..................../s1. The molecule has 0 aromatic rings. The number of carboxylic acid groups (broad SMARTS) is 6. The minimum atomic E-state index is -2.44. The summed E-state index contributed by atoms with van der Waals surface area (Å²) in [7, 11) is 0. The average molecular weight is 1190 g/mol. The van der Waals surface area contributed by atoms with Gasteiger partial charge >= 0.3 is 52.4 Å². The quantitative estimate of drug-likeness (QED) is 0.117. The Labute approximate surface area is 312 Å². The summed E-state index contributed by atoms with van der Waals surface area (Å²) in [5, 5.41) is 107. The van der Waals surface area contributed by atoms with Crippen LogP contribution in [0.15, 0.2) is 0 Å². The number of aliphatic hydroxyl groups excluding tert-OH is 6. The summed E-state index contributed by atoms with van der Waals surface area (Å²) in [6.45, 7) is 0. The van der Waals surface area contributed by atoms with E-state index in [1.165, 1.54) is 0 Å². The second-order valence-electron chi connectivity index (χ2n) is 4.58. The van der Waals surface area contributed by atoms with Crippen LogP contribution in [-0.2, 0) is 28.8 Å². The van der Waals surface area contributed by atoms with Crippen molar-refractivity contribution in [1.82, 2.24) is 0 Å². The molecule has 0 saturated carbocycles. The number of carbonyl (C=O) groups excluding carboxylic acids is 6. The van der Waals surface area contributed by atoms with E-state index in [0.717, 1.165) is 0 Å². The molecule has 0 spiro atoms. The van der Waals surface area contributed by atoms with Gasteiger partial charge in [0.15, 0.2) is 0 Å². The third-order valence-corrected chi connectivity index (χ3v) is 2.35. The summed E-state index contributed by atoms with van der Waals surface area (Å²) in [5.74, 6) is -12.4. The Kier molecular flexibility index (Phi) is 293. The summed E-state index contributed by atoms with van der Waals surface area (Å²) >= 11 is 0. The number of aliphatic hydroxyl groups is 6. The summed E-state index contributed by atoms with van der Waals surface area (Å²) in [6, 6.07) is 0. The Morgan fingerprint density at radius 3 is 0.300 bits per heavy atom. The van der Waals surface area contributed by atoms with Crippen LogP contribution in [0.3, 0.4) is 0 Å². The van der Waals surface area contributed by atoms with Gasteiger partial charge in [-0.15, -0.1) is 0 Å². The first-order valence-corrected chi connectivity index (χ1v) is 6.73. The molecule has 6 atom stereocenters. The molecule has 42 N–H and O–H groups in total. The number of aliphatic carboxylic acids is 6. The van der Waals surface area contributed by atoms with Gasteiger partial charge in [0, 0.05) is 0 Å². The maximum absolute atomic E-state index is 9.63. The van der Waals surface area contributed by atoms with E-state index in [1.54, 1.807) is 0 Å². The predicted octanol–water partition coefficient (Wildman–Crippen LogP) is -30.0. The van der Waals surface area contributed by atoms with Crippen molar-refractivity contribution >= 4 is 88.2 Å². The molecule has 38 heteroatoms. The van der Waals surface area contributed by atoms with E-state index < -0.39 is 72.4 Å². The molecule has 322 valence electrons. The Bertz CT molecular complexity index is 509. The fraction of sp³-hybridized carbons (Fsp3) is 0.500. The monoisotopic (exact) mass is 1190 g/mol. The van der Waals surface area contributed by atoms with Crippen LogP contribution in [0.2, 0.25) is 0 Å². The largest absolute Gasteiger partial charge is 3.00 e. The zero-order valence-corrected chi connectivity index (χ0v) is 30.9.